The first-order valence-electron chi connectivity index (χ1n) is 9.34. The SMILES string of the molecule is CC1C2CC(CN2c2nc3c(cc2F)c(=O)c(C(=O)O)cn3C2CC2)N1C. The predicted octanol–water partition coefficient (Wildman–Crippen LogP) is 1.85. The van der Waals surface area contributed by atoms with Crippen molar-refractivity contribution in [1.82, 2.24) is 14.5 Å². The second-order valence-electron chi connectivity index (χ2n) is 8.00. The van der Waals surface area contributed by atoms with Gasteiger partial charge in [0, 0.05) is 36.9 Å². The molecule has 2 saturated heterocycles. The Hall–Kier alpha value is -2.48. The molecule has 27 heavy (non-hydrogen) atoms. The molecule has 0 amide bonds. The molecular weight excluding hydrogens is 351 g/mol. The third kappa shape index (κ3) is 2.32. The second-order valence-corrected chi connectivity index (χ2v) is 8.00. The van der Waals surface area contributed by atoms with Gasteiger partial charge in [-0.15, -0.1) is 0 Å². The summed E-state index contributed by atoms with van der Waals surface area (Å²) in [5.41, 5.74) is -0.630. The summed E-state index contributed by atoms with van der Waals surface area (Å²) in [6.07, 6.45) is 4.15. The van der Waals surface area contributed by atoms with E-state index in [9.17, 15) is 19.1 Å². The van der Waals surface area contributed by atoms with Crippen LogP contribution in [0.15, 0.2) is 17.1 Å². The van der Waals surface area contributed by atoms with Crippen molar-refractivity contribution in [2.75, 3.05) is 18.5 Å². The van der Waals surface area contributed by atoms with Crippen molar-refractivity contribution in [2.24, 2.45) is 0 Å². The maximum absolute atomic E-state index is 15.0. The predicted molar refractivity (Wildman–Crippen MR) is 98.0 cm³/mol. The van der Waals surface area contributed by atoms with Crippen molar-refractivity contribution in [2.45, 2.75) is 50.4 Å². The Kier molecular flexibility index (Phi) is 3.40. The van der Waals surface area contributed by atoms with E-state index in [0.29, 0.717) is 24.3 Å². The van der Waals surface area contributed by atoms with Crippen LogP contribution >= 0.6 is 0 Å². The van der Waals surface area contributed by atoms with Crippen LogP contribution < -0.4 is 10.3 Å². The van der Waals surface area contributed by atoms with E-state index in [0.717, 1.165) is 19.3 Å². The molecule has 3 unspecified atom stereocenters. The van der Waals surface area contributed by atoms with Gasteiger partial charge in [-0.3, -0.25) is 9.69 Å². The third-order valence-electron chi connectivity index (χ3n) is 6.48. The number of aromatic carboxylic acids is 1. The fourth-order valence-electron chi connectivity index (χ4n) is 4.67. The van der Waals surface area contributed by atoms with Crippen LogP contribution in [-0.4, -0.2) is 57.2 Å². The first-order valence-corrected chi connectivity index (χ1v) is 9.34. The number of carbonyl (C=O) groups is 1. The molecule has 0 radical (unpaired) electrons. The van der Waals surface area contributed by atoms with E-state index in [4.69, 9.17) is 0 Å². The van der Waals surface area contributed by atoms with E-state index >= 15 is 0 Å². The molecule has 1 N–H and O–H groups in total. The normalized spacial score (nSPS) is 27.7. The molecule has 7 nitrogen and oxygen atoms in total. The van der Waals surface area contributed by atoms with Crippen molar-refractivity contribution in [3.63, 3.8) is 0 Å². The van der Waals surface area contributed by atoms with Crippen LogP contribution in [0.3, 0.4) is 0 Å². The van der Waals surface area contributed by atoms with Gasteiger partial charge in [0.15, 0.2) is 11.6 Å². The maximum atomic E-state index is 15.0. The van der Waals surface area contributed by atoms with Gasteiger partial charge < -0.3 is 14.6 Å². The number of carboxylic acids is 1. The number of carboxylic acid groups (broad SMARTS) is 1. The Bertz CT molecular complexity index is 1030. The maximum Gasteiger partial charge on any atom is 0.341 e. The number of pyridine rings is 2. The highest BCUT2D eigenvalue weighted by Gasteiger charge is 2.47. The lowest BCUT2D eigenvalue weighted by atomic mass is 10.1. The van der Waals surface area contributed by atoms with Crippen LogP contribution in [0, 0.1) is 5.82 Å². The van der Waals surface area contributed by atoms with Crippen molar-refractivity contribution < 1.29 is 14.3 Å². The zero-order valence-corrected chi connectivity index (χ0v) is 15.2. The topological polar surface area (TPSA) is 78.7 Å². The van der Waals surface area contributed by atoms with Crippen molar-refractivity contribution >= 4 is 22.8 Å². The van der Waals surface area contributed by atoms with Gasteiger partial charge in [0.1, 0.15) is 11.2 Å². The number of likely N-dealkylation sites (tertiary alicyclic amines) is 1. The van der Waals surface area contributed by atoms with E-state index in [1.165, 1.54) is 12.3 Å². The highest BCUT2D eigenvalue weighted by atomic mass is 19.1. The zero-order valence-electron chi connectivity index (χ0n) is 15.2. The highest BCUT2D eigenvalue weighted by molar-refractivity contribution is 5.92. The minimum atomic E-state index is -1.30. The number of rotatable bonds is 3. The smallest absolute Gasteiger partial charge is 0.341 e. The summed E-state index contributed by atoms with van der Waals surface area (Å²) >= 11 is 0. The summed E-state index contributed by atoms with van der Waals surface area (Å²) in [6.45, 7) is 2.84. The van der Waals surface area contributed by atoms with Gasteiger partial charge in [0.2, 0.25) is 5.43 Å². The molecule has 142 valence electrons. The molecule has 5 rings (SSSR count). The number of fused-ring (bicyclic) bond motifs is 3. The molecule has 3 aliphatic rings. The summed E-state index contributed by atoms with van der Waals surface area (Å²) in [4.78, 5) is 32.9. The van der Waals surface area contributed by atoms with Crippen molar-refractivity contribution in [1.29, 1.82) is 0 Å². The Morgan fingerprint density at radius 1 is 1.33 bits per heavy atom. The summed E-state index contributed by atoms with van der Waals surface area (Å²) in [6, 6.07) is 2.17. The van der Waals surface area contributed by atoms with E-state index in [1.54, 1.807) is 4.57 Å². The summed E-state index contributed by atoms with van der Waals surface area (Å²) in [7, 11) is 2.09. The monoisotopic (exact) mass is 372 g/mol. The molecule has 8 heteroatoms. The summed E-state index contributed by atoms with van der Waals surface area (Å²) in [5.74, 6) is -1.59. The third-order valence-corrected chi connectivity index (χ3v) is 6.48. The lowest BCUT2D eigenvalue weighted by Gasteiger charge is -2.38. The van der Waals surface area contributed by atoms with Gasteiger partial charge in [0.25, 0.3) is 0 Å². The number of halogens is 1. The Balaban J connectivity index is 1.69. The van der Waals surface area contributed by atoms with E-state index in [2.05, 4.69) is 23.9 Å². The molecule has 3 atom stereocenters. The average molecular weight is 372 g/mol. The van der Waals surface area contributed by atoms with E-state index < -0.39 is 17.2 Å². The molecular formula is C19H21FN4O3. The van der Waals surface area contributed by atoms with Crippen LogP contribution in [0.2, 0.25) is 0 Å². The largest absolute Gasteiger partial charge is 0.477 e. The number of hydrogen-bond acceptors (Lipinski definition) is 5. The Morgan fingerprint density at radius 2 is 2.07 bits per heavy atom. The van der Waals surface area contributed by atoms with Crippen LogP contribution in [-0.2, 0) is 0 Å². The van der Waals surface area contributed by atoms with Crippen LogP contribution in [0.25, 0.3) is 11.0 Å². The van der Waals surface area contributed by atoms with E-state index in [1.807, 2.05) is 4.90 Å². The van der Waals surface area contributed by atoms with Crippen molar-refractivity contribution in [3.05, 3.63) is 33.9 Å². The van der Waals surface area contributed by atoms with Crippen LogP contribution in [0.1, 0.15) is 42.6 Å². The van der Waals surface area contributed by atoms with Crippen molar-refractivity contribution in [3.8, 4) is 0 Å². The summed E-state index contributed by atoms with van der Waals surface area (Å²) < 4.78 is 16.7. The Labute approximate surface area is 155 Å². The number of likely N-dealkylation sites (N-methyl/N-ethyl adjacent to an activating group) is 1. The number of piperazine rings is 1. The molecule has 2 aliphatic heterocycles. The minimum absolute atomic E-state index is 0.0394. The number of anilines is 1. The fourth-order valence-corrected chi connectivity index (χ4v) is 4.67. The average Bonchev–Trinajstić information content (AvgIpc) is 3.32. The standard InChI is InChI=1S/C19H21FN4O3/c1-9-15-5-11(22(9)2)7-24(15)18-14(20)6-12-16(25)13(19(26)27)8-23(10-3-4-10)17(12)21-18/h6,8-11,15H,3-5,7H2,1-2H3,(H,26,27). The van der Waals surface area contributed by atoms with Gasteiger partial charge in [-0.05, 0) is 39.3 Å². The highest BCUT2D eigenvalue weighted by Crippen LogP contribution is 2.40. The molecule has 1 saturated carbocycles. The number of nitrogens with zero attached hydrogens (tertiary/aromatic N) is 4. The molecule has 0 aromatic carbocycles. The fraction of sp³-hybridized carbons (Fsp3) is 0.526. The molecule has 2 aromatic heterocycles. The van der Waals surface area contributed by atoms with Gasteiger partial charge in [-0.25, -0.2) is 14.2 Å². The number of hydrogen-bond donors (Lipinski definition) is 1. The first-order chi connectivity index (χ1) is 12.9. The molecule has 2 bridgehead atoms. The summed E-state index contributed by atoms with van der Waals surface area (Å²) in [5, 5.41) is 9.37. The quantitative estimate of drug-likeness (QED) is 0.886. The van der Waals surface area contributed by atoms with Gasteiger partial charge in [-0.1, -0.05) is 0 Å². The molecule has 4 heterocycles. The van der Waals surface area contributed by atoms with Crippen LogP contribution in [0.4, 0.5) is 10.2 Å². The molecule has 2 aromatic rings. The molecule has 3 fully saturated rings. The number of aromatic nitrogens is 2. The van der Waals surface area contributed by atoms with Gasteiger partial charge >= 0.3 is 5.97 Å². The lowest BCUT2D eigenvalue weighted by molar-refractivity contribution is 0.0695. The minimum Gasteiger partial charge on any atom is -0.477 e. The van der Waals surface area contributed by atoms with Crippen LogP contribution in [0.5, 0.6) is 0 Å². The van der Waals surface area contributed by atoms with Gasteiger partial charge in [-0.2, -0.15) is 0 Å². The molecule has 0 spiro atoms. The molecule has 1 aliphatic carbocycles. The first kappa shape index (κ1) is 16.7. The second kappa shape index (κ2) is 5.51. The lowest BCUT2D eigenvalue weighted by Crippen LogP contribution is -2.50. The van der Waals surface area contributed by atoms with Gasteiger partial charge in [0.05, 0.1) is 5.39 Å². The Morgan fingerprint density at radius 3 is 2.67 bits per heavy atom. The van der Waals surface area contributed by atoms with E-state index in [-0.39, 0.29) is 28.9 Å². The zero-order chi connectivity index (χ0) is 19.0.